The van der Waals surface area contributed by atoms with E-state index in [1.54, 1.807) is 54.6 Å². The molecule has 0 saturated heterocycles. The zero-order chi connectivity index (χ0) is 39.4. The van der Waals surface area contributed by atoms with Crippen molar-refractivity contribution in [2.24, 2.45) is 0 Å². The molecule has 0 aliphatic heterocycles. The maximum atomic E-state index is 12.5. The smallest absolute Gasteiger partial charge is 0.869 e. The zero-order valence-corrected chi connectivity index (χ0v) is 35.9. The third-order valence-corrected chi connectivity index (χ3v) is 10.7. The van der Waals surface area contributed by atoms with Gasteiger partial charge in [-0.2, -0.15) is 8.42 Å². The van der Waals surface area contributed by atoms with Gasteiger partial charge in [-0.15, -0.1) is 0 Å². The van der Waals surface area contributed by atoms with E-state index in [0.717, 1.165) is 50.2 Å². The first-order valence-electron chi connectivity index (χ1n) is 18.9. The summed E-state index contributed by atoms with van der Waals surface area (Å²) in [4.78, 5) is -1.31. The van der Waals surface area contributed by atoms with E-state index in [2.05, 4.69) is 13.8 Å². The number of hydrogen-bond donors (Lipinski definition) is 2. The van der Waals surface area contributed by atoms with Crippen molar-refractivity contribution >= 4 is 58.0 Å². The SMILES string of the molecule is CCCCCCCCCc1ccc(S(=O)(=O)O)c(O)c1Oc1ccccc1.CCCCCCCCCc1ccc(S(=O)(=O)[O-])c([O-])c1Oc1ccccc1.[Ca+2]. The predicted octanol–water partition coefficient (Wildman–Crippen LogP) is 10.1. The Labute approximate surface area is 357 Å². The summed E-state index contributed by atoms with van der Waals surface area (Å²) in [7, 11) is -9.38. The Kier molecular flexibility index (Phi) is 22.3. The van der Waals surface area contributed by atoms with Crippen molar-refractivity contribution in [3.8, 4) is 34.5 Å². The van der Waals surface area contributed by atoms with Gasteiger partial charge in [0.1, 0.15) is 32.3 Å². The van der Waals surface area contributed by atoms with E-state index in [9.17, 15) is 36.2 Å². The largest absolute Gasteiger partial charge is 2.00 e. The number of ether oxygens (including phenoxy) is 2. The second-order valence-corrected chi connectivity index (χ2v) is 16.0. The minimum absolute atomic E-state index is 0. The van der Waals surface area contributed by atoms with E-state index in [1.165, 1.54) is 63.5 Å². The third kappa shape index (κ3) is 17.0. The predicted molar refractivity (Wildman–Crippen MR) is 214 cm³/mol. The van der Waals surface area contributed by atoms with Crippen LogP contribution in [0.15, 0.2) is 94.7 Å². The number of phenols is 1. The van der Waals surface area contributed by atoms with Gasteiger partial charge in [0.2, 0.25) is 0 Å². The first-order valence-corrected chi connectivity index (χ1v) is 21.8. The molecule has 0 amide bonds. The van der Waals surface area contributed by atoms with E-state index in [-0.39, 0.29) is 49.2 Å². The van der Waals surface area contributed by atoms with E-state index < -0.39 is 41.5 Å². The van der Waals surface area contributed by atoms with Crippen LogP contribution in [0.5, 0.6) is 34.5 Å². The maximum absolute atomic E-state index is 12.5. The summed E-state index contributed by atoms with van der Waals surface area (Å²) in [6.45, 7) is 4.37. The minimum atomic E-state index is -4.85. The second-order valence-electron chi connectivity index (χ2n) is 13.3. The third-order valence-electron chi connectivity index (χ3n) is 8.91. The summed E-state index contributed by atoms with van der Waals surface area (Å²) in [5.74, 6) is -0.487. The molecule has 0 aliphatic rings. The molecule has 0 aromatic heterocycles. The number of benzene rings is 4. The molecule has 0 atom stereocenters. The molecule has 4 aromatic carbocycles. The Morgan fingerprint density at radius 2 is 0.927 bits per heavy atom. The Balaban J connectivity index is 0.000000373. The van der Waals surface area contributed by atoms with Gasteiger partial charge in [0.05, 0.1) is 4.90 Å². The number of hydrogen-bond acceptors (Lipinski definition) is 9. The minimum Gasteiger partial charge on any atom is -0.869 e. The number of para-hydroxylation sites is 2. The Morgan fingerprint density at radius 1 is 0.545 bits per heavy atom. The molecule has 0 radical (unpaired) electrons. The monoisotopic (exact) mass is 822 g/mol. The van der Waals surface area contributed by atoms with E-state index in [1.807, 2.05) is 12.1 Å². The first kappa shape index (κ1) is 48.3. The zero-order valence-electron chi connectivity index (χ0n) is 32.1. The topological polar surface area (TPSA) is 173 Å². The normalized spacial score (nSPS) is 11.3. The molecule has 0 unspecified atom stereocenters. The summed E-state index contributed by atoms with van der Waals surface area (Å²) >= 11 is 0. The van der Waals surface area contributed by atoms with Crippen LogP contribution in [-0.4, -0.2) is 68.8 Å². The number of unbranched alkanes of at least 4 members (excludes halogenated alkanes) is 12. The van der Waals surface area contributed by atoms with Crippen LogP contribution in [0.3, 0.4) is 0 Å². The van der Waals surface area contributed by atoms with Crippen LogP contribution in [-0.2, 0) is 33.1 Å². The van der Waals surface area contributed by atoms with Crippen LogP contribution in [0.25, 0.3) is 0 Å². The average Bonchev–Trinajstić information content (AvgIpc) is 3.13. The molecule has 0 bridgehead atoms. The van der Waals surface area contributed by atoms with Crippen molar-refractivity contribution in [2.45, 2.75) is 126 Å². The number of phenolic OH excluding ortho intramolecular Hbond substituents is 1. The molecule has 4 aromatic rings. The van der Waals surface area contributed by atoms with Gasteiger partial charge in [0.15, 0.2) is 11.5 Å². The summed E-state index contributed by atoms with van der Waals surface area (Å²) in [5.41, 5.74) is 1.35. The molecule has 296 valence electrons. The van der Waals surface area contributed by atoms with Crippen molar-refractivity contribution < 1.29 is 45.6 Å². The number of rotatable bonds is 22. The van der Waals surface area contributed by atoms with E-state index in [0.29, 0.717) is 29.9 Å². The van der Waals surface area contributed by atoms with Crippen molar-refractivity contribution in [3.05, 3.63) is 96.1 Å². The quantitative estimate of drug-likeness (QED) is 0.0441. The van der Waals surface area contributed by atoms with Crippen molar-refractivity contribution in [3.63, 3.8) is 0 Å². The van der Waals surface area contributed by atoms with E-state index >= 15 is 0 Å². The molecule has 0 heterocycles. The summed E-state index contributed by atoms with van der Waals surface area (Å²) < 4.78 is 77.8. The molecule has 13 heteroatoms. The molecule has 0 saturated carbocycles. The van der Waals surface area contributed by atoms with Gasteiger partial charge < -0.3 is 24.2 Å². The standard InChI is InChI=1S/2C21H28O5S.Ca/c2*1-2-3-4-5-6-7-9-12-17-15-16-19(27(23,24)25)20(22)21(17)26-18-13-10-8-11-14-18;/h2*8,10-11,13-16,22H,2-7,9,12H2,1H3,(H,23,24,25);/q;;+2/p-2. The molecule has 0 aliphatic carbocycles. The van der Waals surface area contributed by atoms with Crippen LogP contribution in [0.1, 0.15) is 115 Å². The summed E-state index contributed by atoms with van der Waals surface area (Å²) in [5, 5.41) is 22.9. The summed E-state index contributed by atoms with van der Waals surface area (Å²) in [6, 6.07) is 22.9. The van der Waals surface area contributed by atoms with Crippen molar-refractivity contribution in [1.82, 2.24) is 0 Å². The van der Waals surface area contributed by atoms with Crippen LogP contribution < -0.4 is 14.6 Å². The van der Waals surface area contributed by atoms with Gasteiger partial charge in [-0.1, -0.05) is 139 Å². The Bertz CT molecular complexity index is 1780. The second kappa shape index (κ2) is 25.4. The van der Waals surface area contributed by atoms with Crippen molar-refractivity contribution in [1.29, 1.82) is 0 Å². The molecule has 2 N–H and O–H groups in total. The summed E-state index contributed by atoms with van der Waals surface area (Å²) in [6.07, 6.45) is 17.3. The molecule has 0 fully saturated rings. The van der Waals surface area contributed by atoms with Gasteiger partial charge in [0.25, 0.3) is 10.1 Å². The Hall–Kier alpha value is -2.84. The van der Waals surface area contributed by atoms with Gasteiger partial charge in [-0.25, -0.2) is 8.42 Å². The molecular formula is C42H54CaO10S2. The van der Waals surface area contributed by atoms with Gasteiger partial charge in [0, 0.05) is 0 Å². The molecular weight excluding hydrogens is 769 g/mol. The molecule has 4 rings (SSSR count). The fourth-order valence-electron chi connectivity index (χ4n) is 5.96. The fourth-order valence-corrected chi connectivity index (χ4v) is 7.09. The maximum Gasteiger partial charge on any atom is 2.00 e. The van der Waals surface area contributed by atoms with Gasteiger partial charge >= 0.3 is 37.7 Å². The fraction of sp³-hybridized carbons (Fsp3) is 0.429. The average molecular weight is 823 g/mol. The van der Waals surface area contributed by atoms with Gasteiger partial charge in [-0.05, 0) is 79.0 Å². The van der Waals surface area contributed by atoms with Crippen LogP contribution in [0.2, 0.25) is 0 Å². The van der Waals surface area contributed by atoms with Crippen molar-refractivity contribution in [2.75, 3.05) is 0 Å². The van der Waals surface area contributed by atoms with Crippen LogP contribution in [0.4, 0.5) is 0 Å². The molecule has 10 nitrogen and oxygen atoms in total. The van der Waals surface area contributed by atoms with Crippen LogP contribution >= 0.6 is 0 Å². The first-order chi connectivity index (χ1) is 25.9. The Morgan fingerprint density at radius 3 is 1.35 bits per heavy atom. The molecule has 0 spiro atoms. The van der Waals surface area contributed by atoms with Gasteiger partial charge in [-0.3, -0.25) is 4.55 Å². The number of aromatic hydroxyl groups is 1. The van der Waals surface area contributed by atoms with E-state index in [4.69, 9.17) is 9.47 Å². The number of aryl methyl sites for hydroxylation is 2. The van der Waals surface area contributed by atoms with Crippen LogP contribution in [0, 0.1) is 0 Å². The molecule has 55 heavy (non-hydrogen) atoms.